The van der Waals surface area contributed by atoms with Gasteiger partial charge in [-0.25, -0.2) is 0 Å². The molecule has 0 spiro atoms. The van der Waals surface area contributed by atoms with Crippen LogP contribution < -0.4 is 5.32 Å². The molecule has 0 aromatic carbocycles. The fourth-order valence-corrected chi connectivity index (χ4v) is 1.38. The summed E-state index contributed by atoms with van der Waals surface area (Å²) in [7, 11) is 0. The molecule has 0 unspecified atom stereocenters. The summed E-state index contributed by atoms with van der Waals surface area (Å²) in [6.45, 7) is 6.08. The van der Waals surface area contributed by atoms with Crippen LogP contribution in [0.15, 0.2) is 18.3 Å². The second-order valence-electron chi connectivity index (χ2n) is 4.48. The second kappa shape index (κ2) is 3.12. The van der Waals surface area contributed by atoms with Gasteiger partial charge < -0.3 is 10.5 Å². The molecular formula is C10H14N4O. The SMILES string of the molecule is CC(C)(C)Nc1nn(O)c2cccnc12. The van der Waals surface area contributed by atoms with E-state index < -0.39 is 0 Å². The minimum Gasteiger partial charge on any atom is -0.411 e. The van der Waals surface area contributed by atoms with E-state index in [1.807, 2.05) is 20.8 Å². The van der Waals surface area contributed by atoms with Gasteiger partial charge in [0.25, 0.3) is 0 Å². The largest absolute Gasteiger partial charge is 0.411 e. The van der Waals surface area contributed by atoms with Crippen LogP contribution in [0.25, 0.3) is 11.0 Å². The van der Waals surface area contributed by atoms with Gasteiger partial charge in [-0.3, -0.25) is 4.98 Å². The zero-order chi connectivity index (χ0) is 11.1. The number of hydrogen-bond acceptors (Lipinski definition) is 4. The second-order valence-corrected chi connectivity index (χ2v) is 4.48. The third-order valence-corrected chi connectivity index (χ3v) is 1.91. The smallest absolute Gasteiger partial charge is 0.178 e. The summed E-state index contributed by atoms with van der Waals surface area (Å²) < 4.78 is 0. The first-order valence-electron chi connectivity index (χ1n) is 4.78. The van der Waals surface area contributed by atoms with E-state index in [0.29, 0.717) is 16.9 Å². The molecule has 2 rings (SSSR count). The van der Waals surface area contributed by atoms with E-state index in [0.717, 1.165) is 4.85 Å². The Morgan fingerprint density at radius 3 is 2.80 bits per heavy atom. The predicted molar refractivity (Wildman–Crippen MR) is 58.1 cm³/mol. The molecule has 0 saturated carbocycles. The van der Waals surface area contributed by atoms with E-state index in [4.69, 9.17) is 0 Å². The predicted octanol–water partition coefficient (Wildman–Crippen LogP) is 1.88. The van der Waals surface area contributed by atoms with Crippen molar-refractivity contribution in [2.24, 2.45) is 0 Å². The van der Waals surface area contributed by atoms with Gasteiger partial charge in [-0.1, -0.05) is 4.85 Å². The molecule has 0 aliphatic heterocycles. The van der Waals surface area contributed by atoms with E-state index in [-0.39, 0.29) is 5.54 Å². The first-order chi connectivity index (χ1) is 6.97. The summed E-state index contributed by atoms with van der Waals surface area (Å²) in [6.07, 6.45) is 1.68. The monoisotopic (exact) mass is 206 g/mol. The molecule has 0 amide bonds. The molecule has 5 nitrogen and oxygen atoms in total. The van der Waals surface area contributed by atoms with Crippen LogP contribution >= 0.6 is 0 Å². The molecule has 0 bridgehead atoms. The molecule has 0 atom stereocenters. The molecule has 80 valence electrons. The summed E-state index contributed by atoms with van der Waals surface area (Å²) in [4.78, 5) is 5.02. The zero-order valence-electron chi connectivity index (χ0n) is 9.02. The van der Waals surface area contributed by atoms with Gasteiger partial charge in [0.05, 0.1) is 0 Å². The molecule has 2 aromatic rings. The molecule has 0 saturated heterocycles. The van der Waals surface area contributed by atoms with Crippen molar-refractivity contribution >= 4 is 16.9 Å². The summed E-state index contributed by atoms with van der Waals surface area (Å²) in [6, 6.07) is 3.53. The maximum absolute atomic E-state index is 9.51. The summed E-state index contributed by atoms with van der Waals surface area (Å²) in [5.41, 5.74) is 1.16. The Labute approximate surface area is 87.7 Å². The normalized spacial score (nSPS) is 11.9. The standard InChI is InChI=1S/C10H14N4O/c1-10(2,3)12-9-8-7(14(15)13-9)5-4-6-11-8/h4-6,15H,1-3H3,(H,12,13). The molecule has 2 heterocycles. The van der Waals surface area contributed by atoms with Crippen LogP contribution in [0.5, 0.6) is 0 Å². The number of nitrogens with zero attached hydrogens (tertiary/aromatic N) is 3. The van der Waals surface area contributed by atoms with Gasteiger partial charge in [0.1, 0.15) is 11.0 Å². The third kappa shape index (κ3) is 1.86. The lowest BCUT2D eigenvalue weighted by Crippen LogP contribution is -2.26. The van der Waals surface area contributed by atoms with E-state index in [2.05, 4.69) is 15.4 Å². The lowest BCUT2D eigenvalue weighted by atomic mass is 10.1. The van der Waals surface area contributed by atoms with Crippen LogP contribution in [0.4, 0.5) is 5.82 Å². The summed E-state index contributed by atoms with van der Waals surface area (Å²) in [5.74, 6) is 0.598. The van der Waals surface area contributed by atoms with Crippen LogP contribution in [0, 0.1) is 0 Å². The maximum Gasteiger partial charge on any atom is 0.178 e. The number of aromatic nitrogens is 3. The molecule has 0 aliphatic rings. The molecule has 15 heavy (non-hydrogen) atoms. The van der Waals surface area contributed by atoms with Gasteiger partial charge >= 0.3 is 0 Å². The van der Waals surface area contributed by atoms with Crippen LogP contribution in [0.1, 0.15) is 20.8 Å². The average molecular weight is 206 g/mol. The number of pyridine rings is 1. The molecule has 2 aromatic heterocycles. The third-order valence-electron chi connectivity index (χ3n) is 1.91. The Morgan fingerprint density at radius 1 is 1.40 bits per heavy atom. The van der Waals surface area contributed by atoms with Crippen molar-refractivity contribution in [1.82, 2.24) is 14.9 Å². The first kappa shape index (κ1) is 9.76. The van der Waals surface area contributed by atoms with E-state index in [9.17, 15) is 5.21 Å². The van der Waals surface area contributed by atoms with E-state index in [1.165, 1.54) is 0 Å². The number of fused-ring (bicyclic) bond motifs is 1. The molecule has 0 radical (unpaired) electrons. The van der Waals surface area contributed by atoms with Crippen molar-refractivity contribution in [3.05, 3.63) is 18.3 Å². The van der Waals surface area contributed by atoms with Crippen molar-refractivity contribution in [3.63, 3.8) is 0 Å². The quantitative estimate of drug-likeness (QED) is 0.699. The minimum atomic E-state index is -0.112. The number of rotatable bonds is 1. The van der Waals surface area contributed by atoms with Crippen molar-refractivity contribution in [3.8, 4) is 0 Å². The summed E-state index contributed by atoms with van der Waals surface area (Å²) >= 11 is 0. The van der Waals surface area contributed by atoms with Crippen LogP contribution in [0.3, 0.4) is 0 Å². The Bertz CT molecular complexity index is 484. The minimum absolute atomic E-state index is 0.112. The van der Waals surface area contributed by atoms with Crippen LogP contribution in [-0.2, 0) is 0 Å². The highest BCUT2D eigenvalue weighted by Gasteiger charge is 2.16. The van der Waals surface area contributed by atoms with Crippen LogP contribution in [-0.4, -0.2) is 25.7 Å². The fourth-order valence-electron chi connectivity index (χ4n) is 1.38. The molecular weight excluding hydrogens is 192 g/mol. The topological polar surface area (TPSA) is 63.0 Å². The Hall–Kier alpha value is -1.78. The first-order valence-corrected chi connectivity index (χ1v) is 4.78. The molecule has 0 fully saturated rings. The van der Waals surface area contributed by atoms with Crippen LogP contribution in [0.2, 0.25) is 0 Å². The van der Waals surface area contributed by atoms with Crippen molar-refractivity contribution in [2.75, 3.05) is 5.32 Å². The van der Waals surface area contributed by atoms with Gasteiger partial charge in [-0.05, 0) is 32.9 Å². The average Bonchev–Trinajstić information content (AvgIpc) is 2.42. The molecule has 2 N–H and O–H groups in total. The number of nitrogens with one attached hydrogen (secondary N) is 1. The Morgan fingerprint density at radius 2 is 2.13 bits per heavy atom. The Kier molecular flexibility index (Phi) is 2.03. The fraction of sp³-hybridized carbons (Fsp3) is 0.400. The molecule has 5 heteroatoms. The van der Waals surface area contributed by atoms with Gasteiger partial charge in [0.2, 0.25) is 0 Å². The van der Waals surface area contributed by atoms with Crippen molar-refractivity contribution < 1.29 is 5.21 Å². The zero-order valence-corrected chi connectivity index (χ0v) is 9.02. The van der Waals surface area contributed by atoms with Gasteiger partial charge in [-0.15, -0.1) is 5.10 Å². The maximum atomic E-state index is 9.51. The van der Waals surface area contributed by atoms with E-state index in [1.54, 1.807) is 18.3 Å². The van der Waals surface area contributed by atoms with Gasteiger partial charge in [0, 0.05) is 11.7 Å². The van der Waals surface area contributed by atoms with Gasteiger partial charge in [-0.2, -0.15) is 0 Å². The van der Waals surface area contributed by atoms with Crippen molar-refractivity contribution in [1.29, 1.82) is 0 Å². The number of hydrogen-bond donors (Lipinski definition) is 2. The van der Waals surface area contributed by atoms with Gasteiger partial charge in [0.15, 0.2) is 5.82 Å². The Balaban J connectivity index is 2.53. The lowest BCUT2D eigenvalue weighted by Gasteiger charge is -2.19. The lowest BCUT2D eigenvalue weighted by molar-refractivity contribution is 0.162. The summed E-state index contributed by atoms with van der Waals surface area (Å²) in [5, 5.41) is 16.7. The van der Waals surface area contributed by atoms with Crippen molar-refractivity contribution in [2.45, 2.75) is 26.3 Å². The highest BCUT2D eigenvalue weighted by atomic mass is 16.5. The highest BCUT2D eigenvalue weighted by Crippen LogP contribution is 2.21. The molecule has 0 aliphatic carbocycles. The van der Waals surface area contributed by atoms with E-state index >= 15 is 0 Å². The number of anilines is 1. The highest BCUT2D eigenvalue weighted by molar-refractivity contribution is 5.86.